The molecule has 0 aliphatic rings. The van der Waals surface area contributed by atoms with E-state index in [9.17, 15) is 0 Å². The summed E-state index contributed by atoms with van der Waals surface area (Å²) >= 11 is 6.08. The Morgan fingerprint density at radius 1 is 1.20 bits per heavy atom. The first kappa shape index (κ1) is 14.2. The van der Waals surface area contributed by atoms with Gasteiger partial charge in [0.1, 0.15) is 6.61 Å². The number of methoxy groups -OCH3 is 1. The monoisotopic (exact) mass is 291 g/mol. The summed E-state index contributed by atoms with van der Waals surface area (Å²) in [5.41, 5.74) is 1.60. The maximum Gasteiger partial charge on any atom is 0.162 e. The Morgan fingerprint density at radius 3 is 2.70 bits per heavy atom. The minimum atomic E-state index is 0.329. The third kappa shape index (κ3) is 3.42. The second-order valence-electron chi connectivity index (χ2n) is 4.03. The minimum Gasteiger partial charge on any atom is -0.493 e. The summed E-state index contributed by atoms with van der Waals surface area (Å²) < 4.78 is 11.0. The van der Waals surface area contributed by atoms with Crippen LogP contribution in [0.25, 0.3) is 0 Å². The van der Waals surface area contributed by atoms with Crippen molar-refractivity contribution < 1.29 is 14.7 Å². The Morgan fingerprint density at radius 2 is 2.00 bits per heavy atom. The van der Waals surface area contributed by atoms with Crippen molar-refractivity contribution in [3.05, 3.63) is 58.6 Å². The van der Waals surface area contributed by atoms with Crippen molar-refractivity contribution in [1.29, 1.82) is 0 Å². The molecule has 4 nitrogen and oxygen atoms in total. The first-order chi connectivity index (χ1) is 9.74. The maximum absolute atomic E-state index is 8.56. The highest BCUT2D eigenvalue weighted by atomic mass is 35.5. The summed E-state index contributed by atoms with van der Waals surface area (Å²) in [7, 11) is 1.57. The summed E-state index contributed by atoms with van der Waals surface area (Å²) in [5.74, 6) is 1.16. The predicted octanol–water partition coefficient (Wildman–Crippen LogP) is 3.74. The molecule has 20 heavy (non-hydrogen) atoms. The molecule has 0 spiro atoms. The van der Waals surface area contributed by atoms with Gasteiger partial charge >= 0.3 is 0 Å². The van der Waals surface area contributed by atoms with Crippen molar-refractivity contribution in [2.45, 2.75) is 6.61 Å². The van der Waals surface area contributed by atoms with Gasteiger partial charge in [-0.2, -0.15) is 0 Å². The summed E-state index contributed by atoms with van der Waals surface area (Å²) in [5, 5.41) is 12.2. The number of rotatable bonds is 5. The Labute approximate surface area is 122 Å². The summed E-state index contributed by atoms with van der Waals surface area (Å²) in [4.78, 5) is 0. The van der Waals surface area contributed by atoms with Crippen LogP contribution < -0.4 is 9.47 Å². The number of ether oxygens (including phenoxy) is 2. The van der Waals surface area contributed by atoms with E-state index in [1.165, 1.54) is 6.21 Å². The molecule has 0 aliphatic heterocycles. The lowest BCUT2D eigenvalue weighted by molar-refractivity contribution is 0.284. The molecule has 0 saturated heterocycles. The first-order valence-electron chi connectivity index (χ1n) is 5.96. The Balaban J connectivity index is 2.19. The molecule has 0 fully saturated rings. The van der Waals surface area contributed by atoms with E-state index in [4.69, 9.17) is 26.3 Å². The molecule has 0 amide bonds. The van der Waals surface area contributed by atoms with Crippen LogP contribution in [0.3, 0.4) is 0 Å². The standard InChI is InChI=1S/C15H14ClNO3/c1-19-14-7-6-11(9-17-18)8-15(14)20-10-12-4-2-3-5-13(12)16/h2-9,18H,10H2,1H3. The minimum absolute atomic E-state index is 0.329. The van der Waals surface area contributed by atoms with Crippen molar-refractivity contribution in [1.82, 2.24) is 0 Å². The van der Waals surface area contributed by atoms with Gasteiger partial charge in [0.05, 0.1) is 13.3 Å². The zero-order valence-electron chi connectivity index (χ0n) is 10.9. The average Bonchev–Trinajstić information content (AvgIpc) is 2.47. The Kier molecular flexibility index (Phi) is 4.85. The maximum atomic E-state index is 8.56. The highest BCUT2D eigenvalue weighted by molar-refractivity contribution is 6.31. The lowest BCUT2D eigenvalue weighted by atomic mass is 10.2. The van der Waals surface area contributed by atoms with Crippen molar-refractivity contribution in [2.24, 2.45) is 5.16 Å². The van der Waals surface area contributed by atoms with Crippen LogP contribution in [0.2, 0.25) is 5.02 Å². The summed E-state index contributed by atoms with van der Waals surface area (Å²) in [6, 6.07) is 12.7. The normalized spacial score (nSPS) is 10.7. The topological polar surface area (TPSA) is 51.0 Å². The number of nitrogens with zero attached hydrogens (tertiary/aromatic N) is 1. The molecule has 0 aromatic heterocycles. The van der Waals surface area contributed by atoms with Crippen LogP contribution in [0.5, 0.6) is 11.5 Å². The van der Waals surface area contributed by atoms with Crippen LogP contribution in [0, 0.1) is 0 Å². The van der Waals surface area contributed by atoms with Crippen molar-refractivity contribution >= 4 is 17.8 Å². The van der Waals surface area contributed by atoms with Crippen LogP contribution in [-0.2, 0) is 6.61 Å². The molecule has 0 unspecified atom stereocenters. The number of oxime groups is 1. The zero-order valence-corrected chi connectivity index (χ0v) is 11.7. The molecule has 2 aromatic rings. The van der Waals surface area contributed by atoms with E-state index in [0.29, 0.717) is 28.7 Å². The number of halogens is 1. The second kappa shape index (κ2) is 6.82. The highest BCUT2D eigenvalue weighted by Crippen LogP contribution is 2.29. The summed E-state index contributed by atoms with van der Waals surface area (Å²) in [6.45, 7) is 0.329. The van der Waals surface area contributed by atoms with E-state index in [0.717, 1.165) is 5.56 Å². The van der Waals surface area contributed by atoms with Gasteiger partial charge in [0.15, 0.2) is 11.5 Å². The van der Waals surface area contributed by atoms with Gasteiger partial charge in [0.25, 0.3) is 0 Å². The molecule has 0 aliphatic carbocycles. The zero-order chi connectivity index (χ0) is 14.4. The van der Waals surface area contributed by atoms with Crippen molar-refractivity contribution in [2.75, 3.05) is 7.11 Å². The molecule has 0 atom stereocenters. The third-order valence-electron chi connectivity index (χ3n) is 2.74. The quantitative estimate of drug-likeness (QED) is 0.519. The predicted molar refractivity (Wildman–Crippen MR) is 78.2 cm³/mol. The highest BCUT2D eigenvalue weighted by Gasteiger charge is 2.07. The first-order valence-corrected chi connectivity index (χ1v) is 6.34. The molecular weight excluding hydrogens is 278 g/mol. The van der Waals surface area contributed by atoms with Gasteiger partial charge in [-0.3, -0.25) is 0 Å². The smallest absolute Gasteiger partial charge is 0.162 e. The molecule has 0 saturated carbocycles. The lowest BCUT2D eigenvalue weighted by Crippen LogP contribution is -1.99. The van der Waals surface area contributed by atoms with E-state index < -0.39 is 0 Å². The van der Waals surface area contributed by atoms with E-state index in [-0.39, 0.29) is 0 Å². The molecular formula is C15H14ClNO3. The van der Waals surface area contributed by atoms with Gasteiger partial charge < -0.3 is 14.7 Å². The fourth-order valence-corrected chi connectivity index (χ4v) is 1.91. The number of benzene rings is 2. The Bertz CT molecular complexity index is 614. The van der Waals surface area contributed by atoms with Gasteiger partial charge in [-0.15, -0.1) is 0 Å². The van der Waals surface area contributed by atoms with Gasteiger partial charge in [0.2, 0.25) is 0 Å². The average molecular weight is 292 g/mol. The van der Waals surface area contributed by atoms with E-state index in [1.807, 2.05) is 24.3 Å². The molecule has 0 heterocycles. The largest absolute Gasteiger partial charge is 0.493 e. The fraction of sp³-hybridized carbons (Fsp3) is 0.133. The van der Waals surface area contributed by atoms with Crippen LogP contribution in [0.15, 0.2) is 47.6 Å². The second-order valence-corrected chi connectivity index (χ2v) is 4.44. The molecule has 2 aromatic carbocycles. The lowest BCUT2D eigenvalue weighted by Gasteiger charge is -2.12. The fourth-order valence-electron chi connectivity index (χ4n) is 1.72. The molecule has 104 valence electrons. The van der Waals surface area contributed by atoms with Gasteiger partial charge in [-0.25, -0.2) is 0 Å². The van der Waals surface area contributed by atoms with Crippen LogP contribution in [0.1, 0.15) is 11.1 Å². The van der Waals surface area contributed by atoms with Gasteiger partial charge in [-0.1, -0.05) is 35.0 Å². The van der Waals surface area contributed by atoms with Crippen molar-refractivity contribution in [3.63, 3.8) is 0 Å². The van der Waals surface area contributed by atoms with E-state index in [1.54, 1.807) is 25.3 Å². The molecule has 2 rings (SSSR count). The molecule has 5 heteroatoms. The molecule has 0 bridgehead atoms. The van der Waals surface area contributed by atoms with Crippen LogP contribution >= 0.6 is 11.6 Å². The van der Waals surface area contributed by atoms with Crippen LogP contribution in [0.4, 0.5) is 0 Å². The number of hydrogen-bond acceptors (Lipinski definition) is 4. The molecule has 1 N–H and O–H groups in total. The van der Waals surface area contributed by atoms with Crippen molar-refractivity contribution in [3.8, 4) is 11.5 Å². The van der Waals surface area contributed by atoms with Crippen LogP contribution in [-0.4, -0.2) is 18.5 Å². The molecule has 0 radical (unpaired) electrons. The SMILES string of the molecule is COc1ccc(C=NO)cc1OCc1ccccc1Cl. The van der Waals surface area contributed by atoms with Gasteiger partial charge in [-0.05, 0) is 24.3 Å². The third-order valence-corrected chi connectivity index (χ3v) is 3.10. The number of hydrogen-bond donors (Lipinski definition) is 1. The van der Waals surface area contributed by atoms with Gasteiger partial charge in [0, 0.05) is 16.1 Å². The summed E-state index contributed by atoms with van der Waals surface area (Å²) in [6.07, 6.45) is 1.32. The van der Waals surface area contributed by atoms with E-state index in [2.05, 4.69) is 5.16 Å². The van der Waals surface area contributed by atoms with E-state index >= 15 is 0 Å². The Hall–Kier alpha value is -2.20.